The molecule has 0 aliphatic carbocycles. The number of methoxy groups -OCH3 is 2. The SMILES string of the molecule is COc1ccc(-c2cnc3[nH]cc(-c4c(C)nn(Cc5cccc(F)c5)c4C)c3c2)c(OC)c1NS(C)(=O)=O. The zero-order valence-corrected chi connectivity index (χ0v) is 23.0. The molecule has 0 saturated carbocycles. The van der Waals surface area contributed by atoms with Gasteiger partial charge in [0.05, 0.1) is 32.7 Å². The molecular weight excluding hydrogens is 521 g/mol. The van der Waals surface area contributed by atoms with Crippen molar-refractivity contribution in [2.75, 3.05) is 25.2 Å². The molecule has 0 bridgehead atoms. The molecule has 9 nitrogen and oxygen atoms in total. The fourth-order valence-electron chi connectivity index (χ4n) is 4.86. The molecule has 2 N–H and O–H groups in total. The van der Waals surface area contributed by atoms with Crippen molar-refractivity contribution in [1.82, 2.24) is 19.7 Å². The van der Waals surface area contributed by atoms with Crippen molar-refractivity contribution in [2.45, 2.75) is 20.4 Å². The summed E-state index contributed by atoms with van der Waals surface area (Å²) in [5, 5.41) is 5.59. The number of H-pyrrole nitrogens is 1. The third kappa shape index (κ3) is 5.05. The number of sulfonamides is 1. The van der Waals surface area contributed by atoms with Crippen LogP contribution in [0, 0.1) is 19.7 Å². The number of hydrogen-bond acceptors (Lipinski definition) is 6. The maximum Gasteiger partial charge on any atom is 0.230 e. The van der Waals surface area contributed by atoms with Crippen LogP contribution in [0.2, 0.25) is 0 Å². The number of rotatable bonds is 8. The van der Waals surface area contributed by atoms with Crippen LogP contribution in [0.1, 0.15) is 17.0 Å². The Labute approximate surface area is 225 Å². The molecule has 39 heavy (non-hydrogen) atoms. The third-order valence-electron chi connectivity index (χ3n) is 6.55. The van der Waals surface area contributed by atoms with Crippen LogP contribution in [0.25, 0.3) is 33.3 Å². The maximum absolute atomic E-state index is 13.7. The maximum atomic E-state index is 13.7. The molecule has 0 unspecified atom stereocenters. The zero-order valence-electron chi connectivity index (χ0n) is 22.2. The number of halogens is 1. The number of ether oxygens (including phenoxy) is 2. The summed E-state index contributed by atoms with van der Waals surface area (Å²) in [4.78, 5) is 7.85. The number of pyridine rings is 1. The molecule has 5 rings (SSSR count). The second-order valence-corrected chi connectivity index (χ2v) is 11.0. The smallest absolute Gasteiger partial charge is 0.230 e. The predicted octanol–water partition coefficient (Wildman–Crippen LogP) is 5.29. The van der Waals surface area contributed by atoms with Crippen LogP contribution in [-0.4, -0.2) is 48.6 Å². The van der Waals surface area contributed by atoms with E-state index < -0.39 is 10.0 Å². The van der Waals surface area contributed by atoms with Crippen molar-refractivity contribution in [3.63, 3.8) is 0 Å². The lowest BCUT2D eigenvalue weighted by molar-refractivity contribution is 0.399. The third-order valence-corrected chi connectivity index (χ3v) is 7.12. The highest BCUT2D eigenvalue weighted by molar-refractivity contribution is 7.92. The molecule has 11 heteroatoms. The molecule has 2 aromatic carbocycles. The first-order valence-corrected chi connectivity index (χ1v) is 14.0. The van der Waals surface area contributed by atoms with Gasteiger partial charge in [0.25, 0.3) is 0 Å². The van der Waals surface area contributed by atoms with Gasteiger partial charge < -0.3 is 14.5 Å². The minimum absolute atomic E-state index is 0.208. The van der Waals surface area contributed by atoms with Gasteiger partial charge in [0, 0.05) is 45.7 Å². The monoisotopic (exact) mass is 549 g/mol. The molecule has 0 radical (unpaired) electrons. The Hall–Kier alpha value is -4.38. The van der Waals surface area contributed by atoms with Crippen LogP contribution in [0.3, 0.4) is 0 Å². The van der Waals surface area contributed by atoms with E-state index >= 15 is 0 Å². The standard InChI is InChI=1S/C28H28FN5O4S/c1-16-25(17(2)34(32-16)15-18-7-6-8-20(29)11-18)23-14-31-28-22(23)12-19(13-30-28)21-9-10-24(37-3)26(27(21)38-4)33-39(5,35)36/h6-14,33H,15H2,1-5H3,(H,30,31). The van der Waals surface area contributed by atoms with Crippen LogP contribution < -0.4 is 14.2 Å². The number of aryl methyl sites for hydroxylation is 1. The van der Waals surface area contributed by atoms with Gasteiger partial charge in [-0.1, -0.05) is 12.1 Å². The molecular formula is C28H28FN5O4S. The Morgan fingerprint density at radius 2 is 1.87 bits per heavy atom. The Kier molecular flexibility index (Phi) is 6.77. The van der Waals surface area contributed by atoms with Crippen molar-refractivity contribution in [2.24, 2.45) is 0 Å². The first-order chi connectivity index (χ1) is 18.6. The van der Waals surface area contributed by atoms with Crippen LogP contribution in [0.5, 0.6) is 11.5 Å². The van der Waals surface area contributed by atoms with Crippen molar-refractivity contribution in [3.8, 4) is 33.8 Å². The zero-order chi connectivity index (χ0) is 27.9. The molecule has 0 saturated heterocycles. The van der Waals surface area contributed by atoms with E-state index in [2.05, 4.69) is 14.7 Å². The van der Waals surface area contributed by atoms with Gasteiger partial charge in [0.1, 0.15) is 22.9 Å². The molecule has 0 amide bonds. The Morgan fingerprint density at radius 3 is 2.56 bits per heavy atom. The molecule has 0 aliphatic heterocycles. The summed E-state index contributed by atoms with van der Waals surface area (Å²) in [5.41, 5.74) is 6.72. The van der Waals surface area contributed by atoms with Gasteiger partial charge in [-0.05, 0) is 49.7 Å². The minimum atomic E-state index is -3.60. The normalized spacial score (nSPS) is 11.6. The highest BCUT2D eigenvalue weighted by Crippen LogP contribution is 2.44. The van der Waals surface area contributed by atoms with Crippen LogP contribution in [0.15, 0.2) is 54.9 Å². The van der Waals surface area contributed by atoms with Crippen molar-refractivity contribution in [1.29, 1.82) is 0 Å². The summed E-state index contributed by atoms with van der Waals surface area (Å²) < 4.78 is 53.3. The van der Waals surface area contributed by atoms with Crippen molar-refractivity contribution >= 4 is 26.7 Å². The van der Waals surface area contributed by atoms with Crippen LogP contribution in [-0.2, 0) is 16.6 Å². The summed E-state index contributed by atoms with van der Waals surface area (Å²) in [5.74, 6) is 0.357. The van der Waals surface area contributed by atoms with Gasteiger partial charge in [0.15, 0.2) is 5.75 Å². The first-order valence-electron chi connectivity index (χ1n) is 12.1. The van der Waals surface area contributed by atoms with E-state index in [0.29, 0.717) is 29.3 Å². The lowest BCUT2D eigenvalue weighted by Crippen LogP contribution is -2.12. The number of benzene rings is 2. The fourth-order valence-corrected chi connectivity index (χ4v) is 5.43. The van der Waals surface area contributed by atoms with E-state index in [1.165, 1.54) is 26.4 Å². The minimum Gasteiger partial charge on any atom is -0.494 e. The van der Waals surface area contributed by atoms with Gasteiger partial charge >= 0.3 is 0 Å². The van der Waals surface area contributed by atoms with Gasteiger partial charge in [-0.2, -0.15) is 5.10 Å². The average molecular weight is 550 g/mol. The summed E-state index contributed by atoms with van der Waals surface area (Å²) in [6.07, 6.45) is 4.66. The van der Waals surface area contributed by atoms with Crippen molar-refractivity contribution in [3.05, 3.63) is 77.6 Å². The first kappa shape index (κ1) is 26.2. The number of aromatic nitrogens is 4. The number of nitrogens with one attached hydrogen (secondary N) is 2. The van der Waals surface area contributed by atoms with Crippen molar-refractivity contribution < 1.29 is 22.3 Å². The predicted molar refractivity (Wildman–Crippen MR) is 149 cm³/mol. The second kappa shape index (κ2) is 10.1. The van der Waals surface area contributed by atoms with Gasteiger partial charge in [-0.3, -0.25) is 9.40 Å². The average Bonchev–Trinajstić information content (AvgIpc) is 3.41. The summed E-state index contributed by atoms with van der Waals surface area (Å²) in [6.45, 7) is 4.37. The van der Waals surface area contributed by atoms with E-state index in [1.54, 1.807) is 24.4 Å². The fraction of sp³-hybridized carbons (Fsp3) is 0.214. The Balaban J connectivity index is 1.62. The topological polar surface area (TPSA) is 111 Å². The molecule has 0 atom stereocenters. The molecule has 0 spiro atoms. The number of anilines is 1. The highest BCUT2D eigenvalue weighted by atomic mass is 32.2. The van der Waals surface area contributed by atoms with E-state index in [4.69, 9.17) is 14.6 Å². The molecule has 3 heterocycles. The van der Waals surface area contributed by atoms with Crippen LogP contribution >= 0.6 is 0 Å². The van der Waals surface area contributed by atoms with Gasteiger partial charge in [0.2, 0.25) is 10.0 Å². The highest BCUT2D eigenvalue weighted by Gasteiger charge is 2.22. The number of aromatic amines is 1. The number of hydrogen-bond donors (Lipinski definition) is 2. The van der Waals surface area contributed by atoms with E-state index in [9.17, 15) is 12.8 Å². The van der Waals surface area contributed by atoms with Gasteiger partial charge in [-0.25, -0.2) is 17.8 Å². The van der Waals surface area contributed by atoms with E-state index in [1.807, 2.05) is 36.9 Å². The summed E-state index contributed by atoms with van der Waals surface area (Å²) >= 11 is 0. The lowest BCUT2D eigenvalue weighted by atomic mass is 10.00. The number of nitrogens with zero attached hydrogens (tertiary/aromatic N) is 3. The molecule has 5 aromatic rings. The quantitative estimate of drug-likeness (QED) is 0.272. The largest absolute Gasteiger partial charge is 0.494 e. The summed E-state index contributed by atoms with van der Waals surface area (Å²) in [6, 6.07) is 11.9. The Morgan fingerprint density at radius 1 is 1.08 bits per heavy atom. The molecule has 3 aromatic heterocycles. The molecule has 0 fully saturated rings. The van der Waals surface area contributed by atoms with Gasteiger partial charge in [-0.15, -0.1) is 0 Å². The lowest BCUT2D eigenvalue weighted by Gasteiger charge is -2.17. The number of fused-ring (bicyclic) bond motifs is 1. The van der Waals surface area contributed by atoms with Crippen LogP contribution in [0.4, 0.5) is 10.1 Å². The van der Waals surface area contributed by atoms with E-state index in [-0.39, 0.29) is 11.5 Å². The second-order valence-electron chi connectivity index (χ2n) is 9.25. The Bertz CT molecular complexity index is 1810. The van der Waals surface area contributed by atoms with E-state index in [0.717, 1.165) is 45.3 Å². The molecule has 202 valence electrons. The summed E-state index contributed by atoms with van der Waals surface area (Å²) in [7, 11) is -0.672. The molecule has 0 aliphatic rings.